The fourth-order valence-corrected chi connectivity index (χ4v) is 3.96. The van der Waals surface area contributed by atoms with Crippen LogP contribution in [0.5, 0.6) is 0 Å². The highest BCUT2D eigenvalue weighted by atomic mass is 35.5. The van der Waals surface area contributed by atoms with Gasteiger partial charge in [0.1, 0.15) is 0 Å². The summed E-state index contributed by atoms with van der Waals surface area (Å²) in [4.78, 5) is 12.4. The highest BCUT2D eigenvalue weighted by Crippen LogP contribution is 2.35. The van der Waals surface area contributed by atoms with Gasteiger partial charge >= 0.3 is 0 Å². The summed E-state index contributed by atoms with van der Waals surface area (Å²) >= 11 is 12.6. The van der Waals surface area contributed by atoms with Crippen LogP contribution in [0.1, 0.15) is 39.2 Å². The molecule has 130 valence electrons. The molecule has 1 saturated heterocycles. The molecule has 0 radical (unpaired) electrons. The predicted molar refractivity (Wildman–Crippen MR) is 99.9 cm³/mol. The van der Waals surface area contributed by atoms with Crippen molar-refractivity contribution in [3.63, 3.8) is 0 Å². The highest BCUT2D eigenvalue weighted by Gasteiger charge is 2.29. The second-order valence-electron chi connectivity index (χ2n) is 6.77. The van der Waals surface area contributed by atoms with Crippen LogP contribution in [-0.4, -0.2) is 25.0 Å². The number of halogens is 3. The molecule has 1 aliphatic rings. The molecule has 0 aliphatic carbocycles. The van der Waals surface area contributed by atoms with Gasteiger partial charge in [-0.05, 0) is 44.0 Å². The second-order valence-corrected chi connectivity index (χ2v) is 7.59. The Morgan fingerprint density at radius 1 is 1.35 bits per heavy atom. The molecule has 1 fully saturated rings. The maximum Gasteiger partial charge on any atom is 0.223 e. The standard InChI is InChI=1S/C17H24Cl2N2O.ClH/c1-11-9-12(7-8-20-11)16(22)21-10-17(2,3)15-13(18)5-4-6-14(15)19;/h4-6,11-12,20H,7-10H2,1-3H3,(H,21,22);1H/t11-,12-;/m0./s1. The van der Waals surface area contributed by atoms with E-state index >= 15 is 0 Å². The average Bonchev–Trinajstić information content (AvgIpc) is 2.44. The fraction of sp³-hybridized carbons (Fsp3) is 0.588. The van der Waals surface area contributed by atoms with Gasteiger partial charge in [-0.25, -0.2) is 0 Å². The molecule has 6 heteroatoms. The topological polar surface area (TPSA) is 41.1 Å². The lowest BCUT2D eigenvalue weighted by atomic mass is 9.84. The molecule has 2 N–H and O–H groups in total. The number of nitrogens with one attached hydrogen (secondary N) is 2. The number of rotatable bonds is 4. The third-order valence-electron chi connectivity index (χ3n) is 4.34. The number of amides is 1. The number of carbonyl (C=O) groups excluding carboxylic acids is 1. The minimum absolute atomic E-state index is 0. The van der Waals surface area contributed by atoms with E-state index in [0.29, 0.717) is 22.6 Å². The quantitative estimate of drug-likeness (QED) is 0.823. The second kappa shape index (κ2) is 8.57. The van der Waals surface area contributed by atoms with Crippen LogP contribution in [-0.2, 0) is 10.2 Å². The Bertz CT molecular complexity index is 528. The van der Waals surface area contributed by atoms with Gasteiger partial charge in [0, 0.05) is 34.0 Å². The molecule has 0 bridgehead atoms. The zero-order valence-electron chi connectivity index (χ0n) is 13.8. The maximum absolute atomic E-state index is 12.4. The maximum atomic E-state index is 12.4. The van der Waals surface area contributed by atoms with Crippen molar-refractivity contribution >= 4 is 41.5 Å². The van der Waals surface area contributed by atoms with Crippen LogP contribution in [0, 0.1) is 5.92 Å². The lowest BCUT2D eigenvalue weighted by molar-refractivity contribution is -0.126. The summed E-state index contributed by atoms with van der Waals surface area (Å²) in [6.07, 6.45) is 1.78. The predicted octanol–water partition coefficient (Wildman–Crippen LogP) is 4.20. The normalized spacial score (nSPS) is 21.4. The van der Waals surface area contributed by atoms with Crippen LogP contribution < -0.4 is 10.6 Å². The third-order valence-corrected chi connectivity index (χ3v) is 4.97. The average molecular weight is 380 g/mol. The summed E-state index contributed by atoms with van der Waals surface area (Å²) < 4.78 is 0. The van der Waals surface area contributed by atoms with Crippen molar-refractivity contribution in [2.24, 2.45) is 5.92 Å². The van der Waals surface area contributed by atoms with E-state index in [1.54, 1.807) is 0 Å². The molecule has 0 saturated carbocycles. The SMILES string of the molecule is C[C@H]1C[C@@H](C(=O)NCC(C)(C)c2c(Cl)cccc2Cl)CCN1.Cl. The van der Waals surface area contributed by atoms with Crippen molar-refractivity contribution in [1.82, 2.24) is 10.6 Å². The molecule has 1 aromatic carbocycles. The van der Waals surface area contributed by atoms with Crippen LogP contribution in [0.2, 0.25) is 10.0 Å². The largest absolute Gasteiger partial charge is 0.355 e. The van der Waals surface area contributed by atoms with Crippen molar-refractivity contribution in [1.29, 1.82) is 0 Å². The lowest BCUT2D eigenvalue weighted by Gasteiger charge is -2.31. The molecule has 1 amide bonds. The first-order valence-electron chi connectivity index (χ1n) is 7.77. The van der Waals surface area contributed by atoms with E-state index in [1.165, 1.54) is 0 Å². The van der Waals surface area contributed by atoms with Crippen molar-refractivity contribution in [2.75, 3.05) is 13.1 Å². The Kier molecular flexibility index (Phi) is 7.66. The molecule has 0 aromatic heterocycles. The molecule has 0 spiro atoms. The minimum atomic E-state index is -0.316. The summed E-state index contributed by atoms with van der Waals surface area (Å²) in [6, 6.07) is 5.90. The summed E-state index contributed by atoms with van der Waals surface area (Å²) in [5, 5.41) is 7.73. The molecule has 1 aliphatic heterocycles. The van der Waals surface area contributed by atoms with E-state index in [0.717, 1.165) is 24.9 Å². The van der Waals surface area contributed by atoms with Gasteiger partial charge < -0.3 is 10.6 Å². The number of benzene rings is 1. The summed E-state index contributed by atoms with van der Waals surface area (Å²) in [5.41, 5.74) is 0.571. The molecular formula is C17H25Cl3N2O. The van der Waals surface area contributed by atoms with E-state index < -0.39 is 0 Å². The van der Waals surface area contributed by atoms with Gasteiger partial charge in [-0.3, -0.25) is 4.79 Å². The first-order chi connectivity index (χ1) is 10.3. The molecule has 23 heavy (non-hydrogen) atoms. The molecule has 0 unspecified atom stereocenters. The molecule has 2 rings (SSSR count). The van der Waals surface area contributed by atoms with Gasteiger partial charge in [0.2, 0.25) is 5.91 Å². The van der Waals surface area contributed by atoms with E-state index in [1.807, 2.05) is 32.0 Å². The van der Waals surface area contributed by atoms with Gasteiger partial charge in [-0.15, -0.1) is 12.4 Å². The zero-order chi connectivity index (χ0) is 16.3. The van der Waals surface area contributed by atoms with Gasteiger partial charge in [0.15, 0.2) is 0 Å². The first kappa shape index (κ1) is 20.6. The third kappa shape index (κ3) is 5.25. The number of hydrogen-bond donors (Lipinski definition) is 2. The van der Waals surface area contributed by atoms with Gasteiger partial charge in [-0.1, -0.05) is 43.1 Å². The fourth-order valence-electron chi connectivity index (χ4n) is 3.06. The Morgan fingerprint density at radius 2 is 1.96 bits per heavy atom. The van der Waals surface area contributed by atoms with Crippen LogP contribution in [0.25, 0.3) is 0 Å². The molecule has 2 atom stereocenters. The smallest absolute Gasteiger partial charge is 0.223 e. The van der Waals surface area contributed by atoms with Crippen LogP contribution >= 0.6 is 35.6 Å². The van der Waals surface area contributed by atoms with Crippen molar-refractivity contribution in [3.8, 4) is 0 Å². The summed E-state index contributed by atoms with van der Waals surface area (Å²) in [5.74, 6) is 0.221. The Balaban J connectivity index is 0.00000264. The van der Waals surface area contributed by atoms with Crippen molar-refractivity contribution in [2.45, 2.75) is 45.1 Å². The van der Waals surface area contributed by atoms with Crippen LogP contribution in [0.4, 0.5) is 0 Å². The minimum Gasteiger partial charge on any atom is -0.355 e. The Labute approximate surface area is 154 Å². The van der Waals surface area contributed by atoms with E-state index in [2.05, 4.69) is 17.6 Å². The molecule has 3 nitrogen and oxygen atoms in total. The first-order valence-corrected chi connectivity index (χ1v) is 8.52. The van der Waals surface area contributed by atoms with E-state index in [4.69, 9.17) is 23.2 Å². The van der Waals surface area contributed by atoms with Gasteiger partial charge in [0.05, 0.1) is 0 Å². The van der Waals surface area contributed by atoms with Gasteiger partial charge in [0.25, 0.3) is 0 Å². The van der Waals surface area contributed by atoms with Crippen molar-refractivity contribution < 1.29 is 4.79 Å². The lowest BCUT2D eigenvalue weighted by Crippen LogP contribution is -2.45. The van der Waals surface area contributed by atoms with Crippen LogP contribution in [0.15, 0.2) is 18.2 Å². The van der Waals surface area contributed by atoms with Crippen LogP contribution in [0.3, 0.4) is 0 Å². The monoisotopic (exact) mass is 378 g/mol. The molecule has 1 heterocycles. The number of hydrogen-bond acceptors (Lipinski definition) is 2. The Hall–Kier alpha value is -0.480. The number of carbonyl (C=O) groups is 1. The zero-order valence-corrected chi connectivity index (χ0v) is 16.1. The molecule has 1 aromatic rings. The van der Waals surface area contributed by atoms with E-state index in [-0.39, 0.29) is 29.6 Å². The van der Waals surface area contributed by atoms with Gasteiger partial charge in [-0.2, -0.15) is 0 Å². The summed E-state index contributed by atoms with van der Waals surface area (Å²) in [6.45, 7) is 7.64. The van der Waals surface area contributed by atoms with Crippen molar-refractivity contribution in [3.05, 3.63) is 33.8 Å². The van der Waals surface area contributed by atoms with E-state index in [9.17, 15) is 4.79 Å². The summed E-state index contributed by atoms with van der Waals surface area (Å²) in [7, 11) is 0. The Morgan fingerprint density at radius 3 is 2.52 bits per heavy atom. The highest BCUT2D eigenvalue weighted by molar-refractivity contribution is 6.36. The number of piperidine rings is 1. The molecular weight excluding hydrogens is 355 g/mol.